The molecule has 1 fully saturated rings. The second-order valence-electron chi connectivity index (χ2n) is 5.96. The first-order chi connectivity index (χ1) is 9.54. The van der Waals surface area contributed by atoms with E-state index >= 15 is 0 Å². The van der Waals surface area contributed by atoms with Gasteiger partial charge in [0.15, 0.2) is 0 Å². The second kappa shape index (κ2) is 6.59. The summed E-state index contributed by atoms with van der Waals surface area (Å²) in [5.74, 6) is 1.27. The van der Waals surface area contributed by atoms with Crippen molar-refractivity contribution in [1.82, 2.24) is 20.0 Å². The molecular formula is C15H29N5. The van der Waals surface area contributed by atoms with Crippen LogP contribution in [0.3, 0.4) is 0 Å². The molecule has 20 heavy (non-hydrogen) atoms. The average molecular weight is 279 g/mol. The lowest BCUT2D eigenvalue weighted by atomic mass is 10.0. The van der Waals surface area contributed by atoms with Crippen molar-refractivity contribution in [3.63, 3.8) is 0 Å². The third-order valence-corrected chi connectivity index (χ3v) is 4.35. The van der Waals surface area contributed by atoms with Gasteiger partial charge < -0.3 is 15.1 Å². The fraction of sp³-hybridized carbons (Fsp3) is 0.800. The first-order valence-electron chi connectivity index (χ1n) is 7.69. The molecule has 1 unspecified atom stereocenters. The van der Waals surface area contributed by atoms with Crippen molar-refractivity contribution in [1.29, 1.82) is 0 Å². The van der Waals surface area contributed by atoms with Crippen molar-refractivity contribution in [2.75, 3.05) is 38.6 Å². The van der Waals surface area contributed by atoms with E-state index in [0.29, 0.717) is 6.04 Å². The predicted molar refractivity (Wildman–Crippen MR) is 84.2 cm³/mol. The van der Waals surface area contributed by atoms with E-state index < -0.39 is 0 Å². The zero-order valence-electron chi connectivity index (χ0n) is 13.6. The molecule has 0 bridgehead atoms. The minimum absolute atomic E-state index is 0.587. The Balaban J connectivity index is 2.21. The highest BCUT2D eigenvalue weighted by Crippen LogP contribution is 2.26. The third kappa shape index (κ3) is 3.15. The van der Waals surface area contributed by atoms with Crippen LogP contribution in [0.5, 0.6) is 0 Å². The summed E-state index contributed by atoms with van der Waals surface area (Å²) < 4.78 is 2.04. The summed E-state index contributed by atoms with van der Waals surface area (Å²) in [6.07, 6.45) is 2.55. The van der Waals surface area contributed by atoms with E-state index in [9.17, 15) is 0 Å². The molecule has 1 N–H and O–H groups in total. The third-order valence-electron chi connectivity index (χ3n) is 4.35. The second-order valence-corrected chi connectivity index (χ2v) is 5.96. The fourth-order valence-electron chi connectivity index (χ4n) is 3.22. The standard InChI is InChI=1S/C15H29N5/c1-6-16-10-14-12(2)17-20(5)15(14)19(4)13-8-7-9-18(3)11-13/h13,16H,6-11H2,1-5H3. The monoisotopic (exact) mass is 279 g/mol. The lowest BCUT2D eigenvalue weighted by Gasteiger charge is -2.37. The Bertz CT molecular complexity index is 440. The SMILES string of the molecule is CCNCc1c(C)nn(C)c1N(C)C1CCCN(C)C1. The molecule has 2 rings (SSSR count). The van der Waals surface area contributed by atoms with Gasteiger partial charge in [-0.2, -0.15) is 5.10 Å². The van der Waals surface area contributed by atoms with Crippen LogP contribution in [0.4, 0.5) is 5.82 Å². The minimum Gasteiger partial charge on any atom is -0.355 e. The maximum Gasteiger partial charge on any atom is 0.131 e. The van der Waals surface area contributed by atoms with Crippen LogP contribution >= 0.6 is 0 Å². The van der Waals surface area contributed by atoms with Crippen molar-refractivity contribution in [2.24, 2.45) is 7.05 Å². The van der Waals surface area contributed by atoms with E-state index in [1.54, 1.807) is 0 Å². The van der Waals surface area contributed by atoms with Crippen molar-refractivity contribution in [3.8, 4) is 0 Å². The number of likely N-dealkylation sites (tertiary alicyclic amines) is 1. The van der Waals surface area contributed by atoms with Crippen molar-refractivity contribution < 1.29 is 0 Å². The number of piperidine rings is 1. The quantitative estimate of drug-likeness (QED) is 0.883. The maximum absolute atomic E-state index is 4.62. The normalized spacial score (nSPS) is 20.4. The van der Waals surface area contributed by atoms with Gasteiger partial charge >= 0.3 is 0 Å². The summed E-state index contributed by atoms with van der Waals surface area (Å²) in [6, 6.07) is 0.587. The Morgan fingerprint density at radius 3 is 2.80 bits per heavy atom. The van der Waals surface area contributed by atoms with Gasteiger partial charge in [-0.15, -0.1) is 0 Å². The topological polar surface area (TPSA) is 36.3 Å². The van der Waals surface area contributed by atoms with Crippen LogP contribution in [0, 0.1) is 6.92 Å². The first kappa shape index (κ1) is 15.3. The summed E-state index contributed by atoms with van der Waals surface area (Å²) in [6.45, 7) is 8.50. The fourth-order valence-corrected chi connectivity index (χ4v) is 3.22. The lowest BCUT2D eigenvalue weighted by molar-refractivity contribution is 0.247. The number of hydrogen-bond donors (Lipinski definition) is 1. The molecule has 0 radical (unpaired) electrons. The molecule has 1 aromatic rings. The molecule has 1 aliphatic heterocycles. The van der Waals surface area contributed by atoms with Crippen LogP contribution < -0.4 is 10.2 Å². The average Bonchev–Trinajstić information content (AvgIpc) is 2.69. The van der Waals surface area contributed by atoms with Crippen LogP contribution in [0.1, 0.15) is 31.0 Å². The van der Waals surface area contributed by atoms with Gasteiger partial charge in [0.05, 0.1) is 5.69 Å². The van der Waals surface area contributed by atoms with Crippen LogP contribution in [0.15, 0.2) is 0 Å². The lowest BCUT2D eigenvalue weighted by Crippen LogP contribution is -2.46. The number of likely N-dealkylation sites (N-methyl/N-ethyl adjacent to an activating group) is 2. The van der Waals surface area contributed by atoms with Gasteiger partial charge in [0.2, 0.25) is 0 Å². The molecule has 1 aromatic heterocycles. The highest BCUT2D eigenvalue weighted by atomic mass is 15.4. The highest BCUT2D eigenvalue weighted by molar-refractivity contribution is 5.50. The van der Waals surface area contributed by atoms with Gasteiger partial charge in [0, 0.05) is 38.8 Å². The van der Waals surface area contributed by atoms with E-state index in [0.717, 1.165) is 25.3 Å². The number of rotatable bonds is 5. The molecule has 0 aromatic carbocycles. The Labute approximate surface area is 122 Å². The van der Waals surface area contributed by atoms with Gasteiger partial charge in [0.25, 0.3) is 0 Å². The number of hydrogen-bond acceptors (Lipinski definition) is 4. The molecule has 0 aliphatic carbocycles. The minimum atomic E-state index is 0.587. The summed E-state index contributed by atoms with van der Waals surface area (Å²) in [5, 5.41) is 8.06. The van der Waals surface area contributed by atoms with E-state index in [1.165, 1.54) is 30.8 Å². The molecule has 1 aliphatic rings. The Kier molecular flexibility index (Phi) is 5.05. The Morgan fingerprint density at radius 2 is 2.15 bits per heavy atom. The number of nitrogens with zero attached hydrogens (tertiary/aromatic N) is 4. The number of nitrogens with one attached hydrogen (secondary N) is 1. The number of aromatic nitrogens is 2. The van der Waals surface area contributed by atoms with E-state index in [-0.39, 0.29) is 0 Å². The van der Waals surface area contributed by atoms with Gasteiger partial charge in [-0.1, -0.05) is 6.92 Å². The number of anilines is 1. The first-order valence-corrected chi connectivity index (χ1v) is 7.69. The summed E-state index contributed by atoms with van der Waals surface area (Å²) in [4.78, 5) is 4.86. The Morgan fingerprint density at radius 1 is 1.40 bits per heavy atom. The van der Waals surface area contributed by atoms with Crippen LogP contribution in [0.25, 0.3) is 0 Å². The molecule has 0 amide bonds. The Hall–Kier alpha value is -1.07. The predicted octanol–water partition coefficient (Wildman–Crippen LogP) is 1.37. The molecule has 114 valence electrons. The van der Waals surface area contributed by atoms with E-state index in [1.807, 2.05) is 4.68 Å². The van der Waals surface area contributed by atoms with Crippen LogP contribution in [-0.2, 0) is 13.6 Å². The largest absolute Gasteiger partial charge is 0.355 e. The molecular weight excluding hydrogens is 250 g/mol. The molecule has 2 heterocycles. The molecule has 5 nitrogen and oxygen atoms in total. The molecule has 0 saturated carbocycles. The zero-order valence-corrected chi connectivity index (χ0v) is 13.6. The van der Waals surface area contributed by atoms with E-state index in [4.69, 9.17) is 0 Å². The highest BCUT2D eigenvalue weighted by Gasteiger charge is 2.25. The van der Waals surface area contributed by atoms with Gasteiger partial charge in [-0.05, 0) is 39.9 Å². The van der Waals surface area contributed by atoms with Crippen molar-refractivity contribution >= 4 is 5.82 Å². The zero-order chi connectivity index (χ0) is 14.7. The molecule has 5 heteroatoms. The van der Waals surface area contributed by atoms with Crippen molar-refractivity contribution in [3.05, 3.63) is 11.3 Å². The smallest absolute Gasteiger partial charge is 0.131 e. The van der Waals surface area contributed by atoms with Crippen LogP contribution in [-0.4, -0.2) is 54.5 Å². The van der Waals surface area contributed by atoms with Gasteiger partial charge in [-0.25, -0.2) is 0 Å². The van der Waals surface area contributed by atoms with Crippen LogP contribution in [0.2, 0.25) is 0 Å². The maximum atomic E-state index is 4.62. The number of aryl methyl sites for hydroxylation is 2. The summed E-state index contributed by atoms with van der Waals surface area (Å²) in [5.41, 5.74) is 2.48. The van der Waals surface area contributed by atoms with Crippen molar-refractivity contribution in [2.45, 2.75) is 39.3 Å². The van der Waals surface area contributed by atoms with Gasteiger partial charge in [0.1, 0.15) is 5.82 Å². The summed E-state index contributed by atoms with van der Waals surface area (Å²) in [7, 11) is 6.49. The van der Waals surface area contributed by atoms with Gasteiger partial charge in [-0.3, -0.25) is 4.68 Å². The molecule has 0 spiro atoms. The van der Waals surface area contributed by atoms with E-state index in [2.05, 4.69) is 55.2 Å². The molecule has 1 atom stereocenters. The molecule has 1 saturated heterocycles. The summed E-state index contributed by atoms with van der Waals surface area (Å²) >= 11 is 0.